The van der Waals surface area contributed by atoms with Gasteiger partial charge in [-0.1, -0.05) is 23.2 Å². The maximum Gasteiger partial charge on any atom is 0.262 e. The molecule has 7 nitrogen and oxygen atoms in total. The molecule has 0 spiro atoms. The summed E-state index contributed by atoms with van der Waals surface area (Å²) < 4.78 is 38.7. The first kappa shape index (κ1) is 22.5. The first-order valence-electron chi connectivity index (χ1n) is 9.21. The zero-order chi connectivity index (χ0) is 22.1. The highest BCUT2D eigenvalue weighted by Crippen LogP contribution is 2.37. The number of carbonyl (C=O) groups is 1. The van der Waals surface area contributed by atoms with E-state index in [1.165, 1.54) is 44.6 Å². The van der Waals surface area contributed by atoms with Gasteiger partial charge in [0.25, 0.3) is 15.9 Å². The van der Waals surface area contributed by atoms with Crippen LogP contribution in [0.15, 0.2) is 35.2 Å². The van der Waals surface area contributed by atoms with Crippen molar-refractivity contribution in [2.24, 2.45) is 5.92 Å². The Morgan fingerprint density at radius 3 is 2.33 bits per heavy atom. The maximum absolute atomic E-state index is 12.9. The molecule has 1 atom stereocenters. The Balaban J connectivity index is 1.89. The highest BCUT2D eigenvalue weighted by atomic mass is 35.5. The monoisotopic (exact) mass is 472 g/mol. The number of sulfonamides is 1. The van der Waals surface area contributed by atoms with Crippen LogP contribution in [0.1, 0.15) is 30.1 Å². The van der Waals surface area contributed by atoms with Crippen LogP contribution in [0.2, 0.25) is 10.0 Å². The van der Waals surface area contributed by atoms with Gasteiger partial charge in [-0.05, 0) is 49.9 Å². The molecular weight excluding hydrogens is 451 g/mol. The number of hydrogen-bond acceptors (Lipinski definition) is 5. The predicted molar refractivity (Wildman–Crippen MR) is 116 cm³/mol. The fourth-order valence-corrected chi connectivity index (χ4v) is 4.52. The molecule has 3 rings (SSSR count). The summed E-state index contributed by atoms with van der Waals surface area (Å²) in [5.74, 6) is 0.604. The van der Waals surface area contributed by atoms with Gasteiger partial charge < -0.3 is 14.8 Å². The largest absolute Gasteiger partial charge is 0.495 e. The van der Waals surface area contributed by atoms with Crippen molar-refractivity contribution in [3.63, 3.8) is 0 Å². The molecule has 1 aliphatic rings. The Kier molecular flexibility index (Phi) is 6.69. The van der Waals surface area contributed by atoms with E-state index < -0.39 is 15.9 Å². The van der Waals surface area contributed by atoms with Gasteiger partial charge in [0.05, 0.1) is 40.4 Å². The van der Waals surface area contributed by atoms with Crippen LogP contribution < -0.4 is 19.5 Å². The molecule has 0 aromatic heterocycles. The number of benzene rings is 2. The molecule has 162 valence electrons. The van der Waals surface area contributed by atoms with E-state index in [1.54, 1.807) is 0 Å². The molecule has 1 fully saturated rings. The molecule has 1 saturated carbocycles. The zero-order valence-corrected chi connectivity index (χ0v) is 19.0. The lowest BCUT2D eigenvalue weighted by Gasteiger charge is -2.16. The molecule has 1 amide bonds. The van der Waals surface area contributed by atoms with Gasteiger partial charge >= 0.3 is 0 Å². The third-order valence-corrected chi connectivity index (χ3v) is 6.89. The third kappa shape index (κ3) is 4.94. The molecular formula is C20H22Cl2N2O5S. The van der Waals surface area contributed by atoms with Gasteiger partial charge in [-0.25, -0.2) is 8.42 Å². The standard InChI is InChI=1S/C20H22Cl2N2O5S/c1-11(12-4-5-12)23-20(25)14-8-13(6-7-15(14)21)30(26,27)24-17-9-16(22)18(28-2)10-19(17)29-3/h6-12,24H,4-5H2,1-3H3,(H,23,25)/t11-/m1/s1. The average molecular weight is 473 g/mol. The summed E-state index contributed by atoms with van der Waals surface area (Å²) >= 11 is 12.3. The average Bonchev–Trinajstić information content (AvgIpc) is 3.53. The van der Waals surface area contributed by atoms with E-state index in [1.807, 2.05) is 6.92 Å². The second-order valence-corrected chi connectivity index (χ2v) is 9.53. The second-order valence-electron chi connectivity index (χ2n) is 7.03. The quantitative estimate of drug-likeness (QED) is 0.595. The molecule has 0 radical (unpaired) electrons. The van der Waals surface area contributed by atoms with Crippen LogP contribution in [0, 0.1) is 5.92 Å². The number of amides is 1. The van der Waals surface area contributed by atoms with Crippen molar-refractivity contribution in [1.29, 1.82) is 0 Å². The molecule has 0 aliphatic heterocycles. The van der Waals surface area contributed by atoms with Crippen LogP contribution in [0.4, 0.5) is 5.69 Å². The lowest BCUT2D eigenvalue weighted by Crippen LogP contribution is -2.34. The minimum Gasteiger partial charge on any atom is -0.495 e. The second kappa shape index (κ2) is 8.91. The number of nitrogens with one attached hydrogen (secondary N) is 2. The van der Waals surface area contributed by atoms with Crippen LogP contribution in [0.5, 0.6) is 11.5 Å². The van der Waals surface area contributed by atoms with Crippen molar-refractivity contribution < 1.29 is 22.7 Å². The Morgan fingerprint density at radius 2 is 1.73 bits per heavy atom. The summed E-state index contributed by atoms with van der Waals surface area (Å²) in [6, 6.07) is 6.81. The Bertz CT molecular complexity index is 1070. The molecule has 0 bridgehead atoms. The van der Waals surface area contributed by atoms with E-state index in [0.717, 1.165) is 12.8 Å². The summed E-state index contributed by atoms with van der Waals surface area (Å²) in [5, 5.41) is 3.25. The minimum atomic E-state index is -4.06. The summed E-state index contributed by atoms with van der Waals surface area (Å²) in [6.07, 6.45) is 2.14. The maximum atomic E-state index is 12.9. The summed E-state index contributed by atoms with van der Waals surface area (Å²) in [7, 11) is -1.22. The van der Waals surface area contributed by atoms with Gasteiger partial charge in [0.15, 0.2) is 0 Å². The van der Waals surface area contributed by atoms with E-state index in [2.05, 4.69) is 10.0 Å². The van der Waals surface area contributed by atoms with Crippen LogP contribution >= 0.6 is 23.2 Å². The third-order valence-electron chi connectivity index (χ3n) is 4.90. The number of anilines is 1. The molecule has 10 heteroatoms. The Hall–Kier alpha value is -2.16. The van der Waals surface area contributed by atoms with Gasteiger partial charge in [-0.3, -0.25) is 9.52 Å². The van der Waals surface area contributed by atoms with Gasteiger partial charge in [-0.15, -0.1) is 0 Å². The van der Waals surface area contributed by atoms with E-state index in [4.69, 9.17) is 32.7 Å². The van der Waals surface area contributed by atoms with Gasteiger partial charge in [-0.2, -0.15) is 0 Å². The van der Waals surface area contributed by atoms with E-state index in [0.29, 0.717) is 11.7 Å². The minimum absolute atomic E-state index is 0.00217. The van der Waals surface area contributed by atoms with Gasteiger partial charge in [0, 0.05) is 12.1 Å². The fraction of sp³-hybridized carbons (Fsp3) is 0.350. The van der Waals surface area contributed by atoms with E-state index in [-0.39, 0.29) is 38.0 Å². The van der Waals surface area contributed by atoms with Gasteiger partial charge in [0.1, 0.15) is 11.5 Å². The van der Waals surface area contributed by atoms with Gasteiger partial charge in [0.2, 0.25) is 0 Å². The number of carbonyl (C=O) groups excluding carboxylic acids is 1. The molecule has 30 heavy (non-hydrogen) atoms. The van der Waals surface area contributed by atoms with Crippen LogP contribution in [-0.2, 0) is 10.0 Å². The Labute approximate surface area is 185 Å². The van der Waals surface area contributed by atoms with E-state index in [9.17, 15) is 13.2 Å². The zero-order valence-electron chi connectivity index (χ0n) is 16.7. The van der Waals surface area contributed by atoms with Crippen molar-refractivity contribution in [2.45, 2.75) is 30.7 Å². The number of methoxy groups -OCH3 is 2. The number of halogens is 2. The van der Waals surface area contributed by atoms with Crippen molar-refractivity contribution in [2.75, 3.05) is 18.9 Å². The van der Waals surface area contributed by atoms with Crippen molar-refractivity contribution in [3.8, 4) is 11.5 Å². The molecule has 0 unspecified atom stereocenters. The smallest absolute Gasteiger partial charge is 0.262 e. The lowest BCUT2D eigenvalue weighted by molar-refractivity contribution is 0.0936. The van der Waals surface area contributed by atoms with Crippen LogP contribution in [0.3, 0.4) is 0 Å². The number of rotatable bonds is 8. The molecule has 1 aliphatic carbocycles. The molecule has 0 saturated heterocycles. The molecule has 2 aromatic carbocycles. The van der Waals surface area contributed by atoms with Crippen LogP contribution in [-0.4, -0.2) is 34.6 Å². The first-order chi connectivity index (χ1) is 14.2. The summed E-state index contributed by atoms with van der Waals surface area (Å²) in [4.78, 5) is 12.5. The summed E-state index contributed by atoms with van der Waals surface area (Å²) in [6.45, 7) is 1.92. The number of ether oxygens (including phenoxy) is 2. The van der Waals surface area contributed by atoms with E-state index >= 15 is 0 Å². The van der Waals surface area contributed by atoms with Crippen molar-refractivity contribution in [1.82, 2.24) is 5.32 Å². The highest BCUT2D eigenvalue weighted by molar-refractivity contribution is 7.92. The normalized spacial score (nSPS) is 14.7. The van der Waals surface area contributed by atoms with Crippen LogP contribution in [0.25, 0.3) is 0 Å². The Morgan fingerprint density at radius 1 is 1.07 bits per heavy atom. The lowest BCUT2D eigenvalue weighted by atomic mass is 10.1. The van der Waals surface area contributed by atoms with Crippen molar-refractivity contribution in [3.05, 3.63) is 45.9 Å². The fourth-order valence-electron chi connectivity index (χ4n) is 2.99. The number of hydrogen-bond donors (Lipinski definition) is 2. The topological polar surface area (TPSA) is 93.7 Å². The van der Waals surface area contributed by atoms with Crippen molar-refractivity contribution >= 4 is 44.8 Å². The predicted octanol–water partition coefficient (Wildman–Crippen LogP) is 4.34. The molecule has 2 aromatic rings. The highest BCUT2D eigenvalue weighted by Gasteiger charge is 2.30. The molecule has 2 N–H and O–H groups in total. The first-order valence-corrected chi connectivity index (χ1v) is 11.4. The summed E-state index contributed by atoms with van der Waals surface area (Å²) in [5.41, 5.74) is 0.221. The molecule has 0 heterocycles. The SMILES string of the molecule is COc1cc(OC)c(NS(=O)(=O)c2ccc(Cl)c(C(=O)N[C@H](C)C3CC3)c2)cc1Cl.